The van der Waals surface area contributed by atoms with Crippen molar-refractivity contribution in [2.45, 2.75) is 35.3 Å². The topological polar surface area (TPSA) is 177 Å². The Bertz CT molecular complexity index is 1090. The number of hydrogen-bond donors (Lipinski definition) is 4. The molecule has 0 amide bonds. The first-order valence-corrected chi connectivity index (χ1v) is 9.78. The largest absolute Gasteiger partial charge is 0.508 e. The Hall–Kier alpha value is -2.84. The number of phenolic OH excluding ortho intramolecular Hbond substituents is 1. The van der Waals surface area contributed by atoms with Gasteiger partial charge in [-0.2, -0.15) is 0 Å². The number of nitrogens with zero attached hydrogens (tertiary/aromatic N) is 5. The van der Waals surface area contributed by atoms with E-state index in [1.54, 1.807) is 0 Å². The predicted octanol–water partition coefficient (Wildman–Crippen LogP) is 0.344. The molecule has 13 heteroatoms. The molecule has 12 nitrogen and oxygen atoms in total. The SMILES string of the molecule is O=[N+]([O-])c1ccc(O)c(CSc2ncnc3c2ncn3[C@@H]2O[C@@H](CO)[C@H](O)[C@H]2O)c1. The molecule has 3 aromatic rings. The van der Waals surface area contributed by atoms with Crippen LogP contribution in [0.5, 0.6) is 5.75 Å². The number of nitro groups is 1. The molecule has 0 unspecified atom stereocenters. The van der Waals surface area contributed by atoms with Gasteiger partial charge in [-0.3, -0.25) is 14.7 Å². The van der Waals surface area contributed by atoms with Crippen molar-refractivity contribution in [3.05, 3.63) is 46.5 Å². The molecule has 4 atom stereocenters. The van der Waals surface area contributed by atoms with E-state index in [2.05, 4.69) is 15.0 Å². The summed E-state index contributed by atoms with van der Waals surface area (Å²) in [6.07, 6.45) is -1.80. The number of nitro benzene ring substituents is 1. The van der Waals surface area contributed by atoms with E-state index >= 15 is 0 Å². The van der Waals surface area contributed by atoms with E-state index in [9.17, 15) is 30.5 Å². The Labute approximate surface area is 172 Å². The van der Waals surface area contributed by atoms with Crippen molar-refractivity contribution in [2.75, 3.05) is 6.61 Å². The number of rotatable bonds is 6. The number of aliphatic hydroxyl groups excluding tert-OH is 3. The first kappa shape index (κ1) is 20.4. The highest BCUT2D eigenvalue weighted by Crippen LogP contribution is 2.34. The van der Waals surface area contributed by atoms with Gasteiger partial charge in [0.05, 0.1) is 17.9 Å². The Kier molecular flexibility index (Phi) is 5.53. The Morgan fingerprint density at radius 3 is 2.73 bits per heavy atom. The number of imidazole rings is 1. The summed E-state index contributed by atoms with van der Waals surface area (Å²) in [6, 6.07) is 3.77. The van der Waals surface area contributed by atoms with Crippen LogP contribution in [0.1, 0.15) is 11.8 Å². The zero-order chi connectivity index (χ0) is 21.4. The minimum absolute atomic E-state index is 0.0737. The highest BCUT2D eigenvalue weighted by atomic mass is 32.2. The van der Waals surface area contributed by atoms with Gasteiger partial charge in [-0.05, 0) is 6.07 Å². The van der Waals surface area contributed by atoms with E-state index < -0.39 is 36.1 Å². The van der Waals surface area contributed by atoms with Crippen molar-refractivity contribution in [2.24, 2.45) is 0 Å². The number of phenols is 1. The molecule has 0 bridgehead atoms. The van der Waals surface area contributed by atoms with E-state index in [4.69, 9.17) is 4.74 Å². The number of non-ortho nitro benzene ring substituents is 1. The van der Waals surface area contributed by atoms with Crippen molar-refractivity contribution in [3.8, 4) is 5.75 Å². The van der Waals surface area contributed by atoms with Gasteiger partial charge in [0.15, 0.2) is 11.9 Å². The van der Waals surface area contributed by atoms with Crippen LogP contribution in [0.3, 0.4) is 0 Å². The average molecular weight is 435 g/mol. The maximum absolute atomic E-state index is 11.0. The number of benzene rings is 1. The molecule has 30 heavy (non-hydrogen) atoms. The van der Waals surface area contributed by atoms with Gasteiger partial charge in [0, 0.05) is 23.4 Å². The molecule has 4 rings (SSSR count). The molecule has 3 heterocycles. The Morgan fingerprint density at radius 1 is 1.23 bits per heavy atom. The first-order valence-electron chi connectivity index (χ1n) is 8.79. The first-order chi connectivity index (χ1) is 14.4. The van der Waals surface area contributed by atoms with Gasteiger partial charge < -0.3 is 25.2 Å². The lowest BCUT2D eigenvalue weighted by Crippen LogP contribution is -2.33. The molecule has 0 saturated carbocycles. The standard InChI is InChI=1S/C17H17N5O7S/c23-4-11-13(25)14(26)17(29-11)21-7-20-12-15(21)18-6-19-16(12)30-5-8-3-9(22(27)28)1-2-10(8)24/h1-3,6-7,11,13-14,17,23-26H,4-5H2/t11-,13-,14+,17+/m0/s1. The quantitative estimate of drug-likeness (QED) is 0.182. The van der Waals surface area contributed by atoms with Crippen LogP contribution in [0.25, 0.3) is 11.2 Å². The van der Waals surface area contributed by atoms with Crippen LogP contribution in [-0.2, 0) is 10.5 Å². The number of hydrogen-bond acceptors (Lipinski definition) is 11. The van der Waals surface area contributed by atoms with Crippen LogP contribution < -0.4 is 0 Å². The van der Waals surface area contributed by atoms with Crippen LogP contribution in [0, 0.1) is 10.1 Å². The van der Waals surface area contributed by atoms with Gasteiger partial charge in [-0.25, -0.2) is 15.0 Å². The lowest BCUT2D eigenvalue weighted by molar-refractivity contribution is -0.384. The molecule has 1 aromatic carbocycles. The summed E-state index contributed by atoms with van der Waals surface area (Å²) >= 11 is 1.20. The van der Waals surface area contributed by atoms with E-state index in [-0.39, 0.29) is 17.2 Å². The third-order valence-electron chi connectivity index (χ3n) is 4.75. The number of ether oxygens (including phenoxy) is 1. The van der Waals surface area contributed by atoms with Crippen molar-refractivity contribution in [3.63, 3.8) is 0 Å². The fourth-order valence-electron chi connectivity index (χ4n) is 3.18. The minimum Gasteiger partial charge on any atom is -0.508 e. The number of fused-ring (bicyclic) bond motifs is 1. The van der Waals surface area contributed by atoms with Gasteiger partial charge >= 0.3 is 0 Å². The summed E-state index contributed by atoms with van der Waals surface area (Å²) in [6.45, 7) is -0.454. The zero-order valence-corrected chi connectivity index (χ0v) is 16.1. The molecule has 4 N–H and O–H groups in total. The van der Waals surface area contributed by atoms with E-state index in [0.717, 1.165) is 0 Å². The second-order valence-electron chi connectivity index (χ2n) is 6.59. The molecule has 1 fully saturated rings. The zero-order valence-electron chi connectivity index (χ0n) is 15.3. The van der Waals surface area contributed by atoms with Gasteiger partial charge in [-0.1, -0.05) is 11.8 Å². The highest BCUT2D eigenvalue weighted by Gasteiger charge is 2.44. The predicted molar refractivity (Wildman–Crippen MR) is 103 cm³/mol. The van der Waals surface area contributed by atoms with Gasteiger partial charge in [-0.15, -0.1) is 0 Å². The summed E-state index contributed by atoms with van der Waals surface area (Å²) in [5.41, 5.74) is 0.962. The lowest BCUT2D eigenvalue weighted by atomic mass is 10.1. The van der Waals surface area contributed by atoms with E-state index in [1.165, 1.54) is 47.2 Å². The van der Waals surface area contributed by atoms with Crippen LogP contribution in [0.4, 0.5) is 5.69 Å². The van der Waals surface area contributed by atoms with Crippen molar-refractivity contribution in [1.29, 1.82) is 0 Å². The van der Waals surface area contributed by atoms with Gasteiger partial charge in [0.2, 0.25) is 0 Å². The van der Waals surface area contributed by atoms with Crippen molar-refractivity contribution < 1.29 is 30.1 Å². The van der Waals surface area contributed by atoms with Crippen molar-refractivity contribution >= 4 is 28.6 Å². The fourth-order valence-corrected chi connectivity index (χ4v) is 4.11. The third-order valence-corrected chi connectivity index (χ3v) is 5.78. The molecular formula is C17H17N5O7S. The van der Waals surface area contributed by atoms with Crippen molar-refractivity contribution in [1.82, 2.24) is 19.5 Å². The smallest absolute Gasteiger partial charge is 0.270 e. The summed E-state index contributed by atoms with van der Waals surface area (Å²) in [5.74, 6) is 0.121. The maximum Gasteiger partial charge on any atom is 0.270 e. The third kappa shape index (κ3) is 3.57. The molecule has 158 valence electrons. The average Bonchev–Trinajstić information content (AvgIpc) is 3.28. The number of aliphatic hydroxyl groups is 3. The minimum atomic E-state index is -1.28. The van der Waals surface area contributed by atoms with E-state index in [0.29, 0.717) is 21.8 Å². The normalized spacial score (nSPS) is 23.8. The Balaban J connectivity index is 1.60. The summed E-state index contributed by atoms with van der Waals surface area (Å²) in [4.78, 5) is 23.0. The lowest BCUT2D eigenvalue weighted by Gasteiger charge is -2.16. The fraction of sp³-hybridized carbons (Fsp3) is 0.353. The molecule has 2 aromatic heterocycles. The number of thioether (sulfide) groups is 1. The van der Waals surface area contributed by atoms with E-state index in [1.807, 2.05) is 0 Å². The maximum atomic E-state index is 11.0. The Morgan fingerprint density at radius 2 is 2.03 bits per heavy atom. The van der Waals surface area contributed by atoms with Crippen LogP contribution in [0.15, 0.2) is 35.9 Å². The van der Waals surface area contributed by atoms with Crippen LogP contribution in [-0.4, -0.2) is 69.8 Å². The second kappa shape index (κ2) is 8.12. The molecule has 1 aliphatic heterocycles. The monoisotopic (exact) mass is 435 g/mol. The summed E-state index contributed by atoms with van der Waals surface area (Å²) < 4.78 is 6.96. The van der Waals surface area contributed by atoms with Gasteiger partial charge in [0.25, 0.3) is 5.69 Å². The van der Waals surface area contributed by atoms with Gasteiger partial charge in [0.1, 0.15) is 40.9 Å². The molecule has 0 aliphatic carbocycles. The van der Waals surface area contributed by atoms with Crippen LogP contribution >= 0.6 is 11.8 Å². The number of aromatic nitrogens is 4. The summed E-state index contributed by atoms with van der Waals surface area (Å²) in [5, 5.41) is 50.9. The molecule has 1 aliphatic rings. The molecule has 0 radical (unpaired) electrons. The summed E-state index contributed by atoms with van der Waals surface area (Å²) in [7, 11) is 0. The highest BCUT2D eigenvalue weighted by molar-refractivity contribution is 7.98. The molecular weight excluding hydrogens is 418 g/mol. The molecule has 0 spiro atoms. The second-order valence-corrected chi connectivity index (χ2v) is 7.55. The van der Waals surface area contributed by atoms with Crippen LogP contribution in [0.2, 0.25) is 0 Å². The molecule has 1 saturated heterocycles. The number of aromatic hydroxyl groups is 1.